The van der Waals surface area contributed by atoms with E-state index in [0.29, 0.717) is 11.5 Å². The fraction of sp³-hybridized carbons (Fsp3) is 1.00. The van der Waals surface area contributed by atoms with Gasteiger partial charge in [-0.25, -0.2) is 0 Å². The van der Waals surface area contributed by atoms with Crippen molar-refractivity contribution in [2.75, 3.05) is 13.1 Å². The Morgan fingerprint density at radius 3 is 2.30 bits per heavy atom. The van der Waals surface area contributed by atoms with Crippen molar-refractivity contribution in [1.29, 1.82) is 0 Å². The number of hydrogen-bond acceptors (Lipinski definition) is 3. The molecule has 1 aliphatic heterocycles. The van der Waals surface area contributed by atoms with E-state index in [1.165, 1.54) is 12.8 Å². The highest BCUT2D eigenvalue weighted by atomic mass is 16.5. The highest BCUT2D eigenvalue weighted by Crippen LogP contribution is 2.42. The molecule has 5 unspecified atom stereocenters. The number of ether oxygens (including phenoxy) is 1. The van der Waals surface area contributed by atoms with E-state index in [4.69, 9.17) is 4.74 Å². The van der Waals surface area contributed by atoms with Crippen LogP contribution in [0, 0.1) is 11.3 Å². The molecule has 3 heteroatoms. The molecule has 118 valence electrons. The van der Waals surface area contributed by atoms with Crippen molar-refractivity contribution in [2.45, 2.75) is 84.7 Å². The van der Waals surface area contributed by atoms with Crippen LogP contribution < -0.4 is 0 Å². The van der Waals surface area contributed by atoms with Crippen molar-refractivity contribution in [3.05, 3.63) is 0 Å². The molecule has 1 N–H and O–H groups in total. The van der Waals surface area contributed by atoms with Crippen LogP contribution in [-0.2, 0) is 4.74 Å². The van der Waals surface area contributed by atoms with Crippen molar-refractivity contribution >= 4 is 0 Å². The van der Waals surface area contributed by atoms with Crippen LogP contribution in [0.5, 0.6) is 0 Å². The standard InChI is InChI=1S/C17H33NO2/c1-6-17(4,5)14-7-8-16(19)15(9-14)18-10-12(2)20-13(3)11-18/h12-16,19H,6-11H2,1-5H3. The smallest absolute Gasteiger partial charge is 0.0695 e. The number of aliphatic hydroxyl groups is 1. The molecular weight excluding hydrogens is 250 g/mol. The van der Waals surface area contributed by atoms with Gasteiger partial charge in [-0.15, -0.1) is 0 Å². The van der Waals surface area contributed by atoms with Crippen LogP contribution in [0.3, 0.4) is 0 Å². The van der Waals surface area contributed by atoms with Gasteiger partial charge in [-0.1, -0.05) is 27.2 Å². The molecule has 0 aromatic rings. The molecule has 1 aliphatic carbocycles. The van der Waals surface area contributed by atoms with Crippen LogP contribution in [0.2, 0.25) is 0 Å². The number of nitrogens with zero attached hydrogens (tertiary/aromatic N) is 1. The lowest BCUT2D eigenvalue weighted by Crippen LogP contribution is -2.56. The summed E-state index contributed by atoms with van der Waals surface area (Å²) in [6, 6.07) is 0.327. The number of morpholine rings is 1. The van der Waals surface area contributed by atoms with Crippen molar-refractivity contribution in [2.24, 2.45) is 11.3 Å². The average molecular weight is 283 g/mol. The first-order chi connectivity index (χ1) is 9.33. The molecule has 0 aromatic carbocycles. The fourth-order valence-electron chi connectivity index (χ4n) is 4.01. The Morgan fingerprint density at radius 2 is 1.75 bits per heavy atom. The summed E-state index contributed by atoms with van der Waals surface area (Å²) < 4.78 is 5.83. The molecule has 2 fully saturated rings. The van der Waals surface area contributed by atoms with Crippen LogP contribution in [0.25, 0.3) is 0 Å². The lowest BCUT2D eigenvalue weighted by atomic mass is 9.67. The van der Waals surface area contributed by atoms with Gasteiger partial charge in [-0.05, 0) is 44.4 Å². The molecule has 0 amide bonds. The quantitative estimate of drug-likeness (QED) is 0.864. The van der Waals surface area contributed by atoms with Crippen molar-refractivity contribution in [1.82, 2.24) is 4.90 Å². The number of hydrogen-bond donors (Lipinski definition) is 1. The predicted molar refractivity (Wildman–Crippen MR) is 82.8 cm³/mol. The van der Waals surface area contributed by atoms with Gasteiger partial charge >= 0.3 is 0 Å². The zero-order valence-electron chi connectivity index (χ0n) is 13.9. The zero-order valence-corrected chi connectivity index (χ0v) is 13.9. The molecular formula is C17H33NO2. The maximum absolute atomic E-state index is 10.5. The second-order valence-corrected chi connectivity index (χ2v) is 7.70. The first-order valence-corrected chi connectivity index (χ1v) is 8.41. The van der Waals surface area contributed by atoms with E-state index in [2.05, 4.69) is 39.5 Å². The fourth-order valence-corrected chi connectivity index (χ4v) is 4.01. The zero-order chi connectivity index (χ0) is 14.9. The Kier molecular flexibility index (Phi) is 5.14. The first-order valence-electron chi connectivity index (χ1n) is 8.41. The van der Waals surface area contributed by atoms with E-state index in [-0.39, 0.29) is 18.3 Å². The summed E-state index contributed by atoms with van der Waals surface area (Å²) in [5.41, 5.74) is 0.391. The van der Waals surface area contributed by atoms with Crippen LogP contribution in [0.15, 0.2) is 0 Å². The van der Waals surface area contributed by atoms with Gasteiger partial charge in [0, 0.05) is 19.1 Å². The molecule has 3 nitrogen and oxygen atoms in total. The normalized spacial score (nSPS) is 40.8. The van der Waals surface area contributed by atoms with Gasteiger partial charge in [0.15, 0.2) is 0 Å². The van der Waals surface area contributed by atoms with Gasteiger partial charge in [0.25, 0.3) is 0 Å². The molecule has 20 heavy (non-hydrogen) atoms. The minimum absolute atomic E-state index is 0.156. The lowest BCUT2D eigenvalue weighted by molar-refractivity contribution is -0.111. The largest absolute Gasteiger partial charge is 0.391 e. The summed E-state index contributed by atoms with van der Waals surface area (Å²) >= 11 is 0. The third kappa shape index (κ3) is 3.55. The number of rotatable bonds is 3. The Morgan fingerprint density at radius 1 is 1.15 bits per heavy atom. The summed E-state index contributed by atoms with van der Waals surface area (Å²) in [6.45, 7) is 13.3. The van der Waals surface area contributed by atoms with Crippen molar-refractivity contribution in [3.63, 3.8) is 0 Å². The monoisotopic (exact) mass is 283 g/mol. The third-order valence-corrected chi connectivity index (χ3v) is 5.71. The summed E-state index contributed by atoms with van der Waals surface area (Å²) in [7, 11) is 0. The topological polar surface area (TPSA) is 32.7 Å². The highest BCUT2D eigenvalue weighted by Gasteiger charge is 2.40. The average Bonchev–Trinajstić information content (AvgIpc) is 2.37. The van der Waals surface area contributed by atoms with E-state index in [9.17, 15) is 5.11 Å². The molecule has 5 atom stereocenters. The highest BCUT2D eigenvalue weighted by molar-refractivity contribution is 4.93. The molecule has 0 aromatic heterocycles. The molecule has 1 saturated carbocycles. The van der Waals surface area contributed by atoms with Crippen molar-refractivity contribution in [3.8, 4) is 0 Å². The molecule has 2 aliphatic rings. The summed E-state index contributed by atoms with van der Waals surface area (Å²) in [4.78, 5) is 2.49. The van der Waals surface area contributed by atoms with Gasteiger partial charge in [0.1, 0.15) is 0 Å². The van der Waals surface area contributed by atoms with Gasteiger partial charge in [0.05, 0.1) is 18.3 Å². The molecule has 0 spiro atoms. The van der Waals surface area contributed by atoms with Gasteiger partial charge < -0.3 is 9.84 Å². The van der Waals surface area contributed by atoms with Crippen LogP contribution >= 0.6 is 0 Å². The molecule has 1 saturated heterocycles. The van der Waals surface area contributed by atoms with Gasteiger partial charge in [-0.2, -0.15) is 0 Å². The molecule has 2 rings (SSSR count). The van der Waals surface area contributed by atoms with Crippen LogP contribution in [-0.4, -0.2) is 47.4 Å². The van der Waals surface area contributed by atoms with E-state index in [1.54, 1.807) is 0 Å². The maximum atomic E-state index is 10.5. The Balaban J connectivity index is 2.05. The van der Waals surface area contributed by atoms with E-state index < -0.39 is 0 Å². The minimum Gasteiger partial charge on any atom is -0.391 e. The lowest BCUT2D eigenvalue weighted by Gasteiger charge is -2.48. The second-order valence-electron chi connectivity index (χ2n) is 7.70. The second kappa shape index (κ2) is 6.33. The molecule has 0 bridgehead atoms. The predicted octanol–water partition coefficient (Wildman–Crippen LogP) is 3.06. The van der Waals surface area contributed by atoms with Crippen LogP contribution in [0.4, 0.5) is 0 Å². The van der Waals surface area contributed by atoms with Crippen molar-refractivity contribution < 1.29 is 9.84 Å². The Labute approximate surface area is 124 Å². The van der Waals surface area contributed by atoms with E-state index >= 15 is 0 Å². The summed E-state index contributed by atoms with van der Waals surface area (Å²) in [6.07, 6.45) is 4.90. The van der Waals surface area contributed by atoms with Gasteiger partial charge in [0.2, 0.25) is 0 Å². The Hall–Kier alpha value is -0.120. The Bertz CT molecular complexity index is 308. The molecule has 1 heterocycles. The number of aliphatic hydroxyl groups excluding tert-OH is 1. The maximum Gasteiger partial charge on any atom is 0.0695 e. The summed E-state index contributed by atoms with van der Waals surface area (Å²) in [5.74, 6) is 0.731. The van der Waals surface area contributed by atoms with Gasteiger partial charge in [-0.3, -0.25) is 4.90 Å². The van der Waals surface area contributed by atoms with E-state index in [1.807, 2.05) is 0 Å². The minimum atomic E-state index is -0.156. The first kappa shape index (κ1) is 16.3. The SMILES string of the molecule is CCC(C)(C)C1CCC(O)C(N2CC(C)OC(C)C2)C1. The summed E-state index contributed by atoms with van der Waals surface area (Å²) in [5, 5.41) is 10.5. The third-order valence-electron chi connectivity index (χ3n) is 5.71. The molecule has 0 radical (unpaired) electrons. The van der Waals surface area contributed by atoms with E-state index in [0.717, 1.165) is 31.8 Å². The van der Waals surface area contributed by atoms with Crippen LogP contribution in [0.1, 0.15) is 60.3 Å².